The Kier molecular flexibility index (Phi) is 6.88. The SMILES string of the molecule is CCOc1cc(C2/C(=C(\O)c3cccc4ccccc34)C(=O)C(=O)N2c2ccc(CC)cc2)ccc1OC. The number of benzene rings is 4. The van der Waals surface area contributed by atoms with Gasteiger partial charge in [0.2, 0.25) is 0 Å². The molecule has 1 heterocycles. The lowest BCUT2D eigenvalue weighted by molar-refractivity contribution is -0.132. The Morgan fingerprint density at radius 2 is 1.63 bits per heavy atom. The number of fused-ring (bicyclic) bond motifs is 1. The molecule has 0 radical (unpaired) electrons. The van der Waals surface area contributed by atoms with Gasteiger partial charge in [-0.1, -0.05) is 67.6 Å². The van der Waals surface area contributed by atoms with Gasteiger partial charge in [-0.3, -0.25) is 14.5 Å². The predicted octanol–water partition coefficient (Wildman–Crippen LogP) is 6.44. The van der Waals surface area contributed by atoms with Crippen LogP contribution in [-0.4, -0.2) is 30.5 Å². The van der Waals surface area contributed by atoms with E-state index < -0.39 is 17.7 Å². The lowest BCUT2D eigenvalue weighted by Gasteiger charge is -2.26. The molecule has 0 aromatic heterocycles. The van der Waals surface area contributed by atoms with Gasteiger partial charge in [-0.25, -0.2) is 0 Å². The number of aryl methyl sites for hydroxylation is 1. The van der Waals surface area contributed by atoms with Crippen molar-refractivity contribution in [3.05, 3.63) is 107 Å². The summed E-state index contributed by atoms with van der Waals surface area (Å²) in [6.45, 7) is 4.33. The lowest BCUT2D eigenvalue weighted by atomic mass is 9.93. The van der Waals surface area contributed by atoms with Gasteiger partial charge in [0.15, 0.2) is 11.5 Å². The fourth-order valence-electron chi connectivity index (χ4n) is 5.02. The number of hydrogen-bond donors (Lipinski definition) is 1. The molecule has 6 heteroatoms. The summed E-state index contributed by atoms with van der Waals surface area (Å²) in [6, 6.07) is 25.1. The van der Waals surface area contributed by atoms with Crippen LogP contribution < -0.4 is 14.4 Å². The van der Waals surface area contributed by atoms with Gasteiger partial charge in [0.25, 0.3) is 11.7 Å². The molecule has 1 amide bonds. The maximum absolute atomic E-state index is 13.6. The van der Waals surface area contributed by atoms with Crippen molar-refractivity contribution in [1.29, 1.82) is 0 Å². The average molecular weight is 508 g/mol. The summed E-state index contributed by atoms with van der Waals surface area (Å²) in [4.78, 5) is 28.6. The van der Waals surface area contributed by atoms with E-state index in [0.29, 0.717) is 34.9 Å². The number of methoxy groups -OCH3 is 1. The zero-order valence-electron chi connectivity index (χ0n) is 21.6. The molecule has 6 nitrogen and oxygen atoms in total. The van der Waals surface area contributed by atoms with E-state index in [2.05, 4.69) is 6.92 Å². The minimum Gasteiger partial charge on any atom is -0.507 e. The smallest absolute Gasteiger partial charge is 0.300 e. The second-order valence-electron chi connectivity index (χ2n) is 9.06. The molecule has 0 aliphatic carbocycles. The van der Waals surface area contributed by atoms with E-state index in [9.17, 15) is 14.7 Å². The van der Waals surface area contributed by atoms with Crippen LogP contribution in [0.5, 0.6) is 11.5 Å². The molecule has 1 saturated heterocycles. The molecule has 1 unspecified atom stereocenters. The number of hydrogen-bond acceptors (Lipinski definition) is 5. The molecule has 1 atom stereocenters. The van der Waals surface area contributed by atoms with Crippen molar-refractivity contribution in [2.75, 3.05) is 18.6 Å². The molecule has 0 spiro atoms. The molecule has 1 aliphatic rings. The van der Waals surface area contributed by atoms with Crippen molar-refractivity contribution in [3.8, 4) is 11.5 Å². The van der Waals surface area contributed by atoms with Crippen LogP contribution in [0.4, 0.5) is 5.69 Å². The highest BCUT2D eigenvalue weighted by molar-refractivity contribution is 6.51. The van der Waals surface area contributed by atoms with Gasteiger partial charge in [-0.05, 0) is 59.5 Å². The Labute approximate surface area is 221 Å². The average Bonchev–Trinajstić information content (AvgIpc) is 3.22. The van der Waals surface area contributed by atoms with Crippen LogP contribution in [-0.2, 0) is 16.0 Å². The van der Waals surface area contributed by atoms with Crippen molar-refractivity contribution in [3.63, 3.8) is 0 Å². The van der Waals surface area contributed by atoms with Gasteiger partial charge in [-0.15, -0.1) is 0 Å². The second kappa shape index (κ2) is 10.4. The van der Waals surface area contributed by atoms with Crippen LogP contribution in [0.3, 0.4) is 0 Å². The summed E-state index contributed by atoms with van der Waals surface area (Å²) in [5.74, 6) is -0.631. The molecule has 1 N–H and O–H groups in total. The first kappa shape index (κ1) is 25.1. The number of anilines is 1. The lowest BCUT2D eigenvalue weighted by Crippen LogP contribution is -2.29. The molecule has 38 heavy (non-hydrogen) atoms. The minimum atomic E-state index is -0.869. The number of carbonyl (C=O) groups is 2. The van der Waals surface area contributed by atoms with Gasteiger partial charge in [0.1, 0.15) is 5.76 Å². The fourth-order valence-corrected chi connectivity index (χ4v) is 5.02. The van der Waals surface area contributed by atoms with E-state index in [1.807, 2.05) is 67.6 Å². The summed E-state index contributed by atoms with van der Waals surface area (Å²) in [5.41, 5.74) is 2.82. The fraction of sp³-hybridized carbons (Fsp3) is 0.188. The van der Waals surface area contributed by atoms with E-state index in [4.69, 9.17) is 9.47 Å². The number of ketones is 1. The van der Waals surface area contributed by atoms with Crippen LogP contribution in [0.15, 0.2) is 90.5 Å². The monoisotopic (exact) mass is 507 g/mol. The van der Waals surface area contributed by atoms with Crippen molar-refractivity contribution >= 4 is 33.9 Å². The Bertz CT molecular complexity index is 1550. The first-order chi connectivity index (χ1) is 18.5. The normalized spacial score (nSPS) is 16.7. The molecule has 4 aromatic carbocycles. The van der Waals surface area contributed by atoms with Crippen LogP contribution in [0, 0.1) is 0 Å². The second-order valence-corrected chi connectivity index (χ2v) is 9.06. The van der Waals surface area contributed by atoms with Crippen LogP contribution in [0.1, 0.15) is 36.6 Å². The first-order valence-corrected chi connectivity index (χ1v) is 12.7. The molecular weight excluding hydrogens is 478 g/mol. The van der Waals surface area contributed by atoms with Gasteiger partial charge in [0.05, 0.1) is 25.3 Å². The first-order valence-electron chi connectivity index (χ1n) is 12.7. The minimum absolute atomic E-state index is 0.0264. The zero-order chi connectivity index (χ0) is 26.8. The van der Waals surface area contributed by atoms with Crippen molar-refractivity contribution < 1.29 is 24.2 Å². The Hall–Kier alpha value is -4.58. The number of aliphatic hydroxyl groups is 1. The molecule has 0 bridgehead atoms. The van der Waals surface area contributed by atoms with Crippen LogP contribution >= 0.6 is 0 Å². The van der Waals surface area contributed by atoms with E-state index in [1.165, 1.54) is 4.90 Å². The summed E-state index contributed by atoms with van der Waals surface area (Å²) in [6.07, 6.45) is 0.847. The van der Waals surface area contributed by atoms with Crippen molar-refractivity contribution in [2.24, 2.45) is 0 Å². The summed E-state index contributed by atoms with van der Waals surface area (Å²) in [7, 11) is 1.55. The largest absolute Gasteiger partial charge is 0.507 e. The molecule has 1 aliphatic heterocycles. The summed E-state index contributed by atoms with van der Waals surface area (Å²) >= 11 is 0. The van der Waals surface area contributed by atoms with Gasteiger partial charge in [0, 0.05) is 11.3 Å². The third-order valence-corrected chi connectivity index (χ3v) is 6.92. The van der Waals surface area contributed by atoms with E-state index >= 15 is 0 Å². The molecule has 1 fully saturated rings. The quantitative estimate of drug-likeness (QED) is 0.177. The Balaban J connectivity index is 1.76. The number of ether oxygens (including phenoxy) is 2. The number of aliphatic hydroxyl groups excluding tert-OH is 1. The highest BCUT2D eigenvalue weighted by Gasteiger charge is 2.47. The van der Waals surface area contributed by atoms with Crippen LogP contribution in [0.25, 0.3) is 16.5 Å². The highest BCUT2D eigenvalue weighted by atomic mass is 16.5. The molecule has 4 aromatic rings. The third-order valence-electron chi connectivity index (χ3n) is 6.92. The Morgan fingerprint density at radius 1 is 0.895 bits per heavy atom. The van der Waals surface area contributed by atoms with E-state index in [0.717, 1.165) is 22.8 Å². The number of nitrogens with zero attached hydrogens (tertiary/aromatic N) is 1. The van der Waals surface area contributed by atoms with Gasteiger partial charge >= 0.3 is 0 Å². The topological polar surface area (TPSA) is 76.1 Å². The zero-order valence-corrected chi connectivity index (χ0v) is 21.6. The number of amides is 1. The standard InChI is InChI=1S/C32H29NO5/c1-4-20-13-16-23(17-14-20)33-29(22-15-18-26(37-3)27(19-22)38-5-2)28(31(35)32(33)36)30(34)25-12-8-10-21-9-6-7-11-24(21)25/h6-19,29,34H,4-5H2,1-3H3/b30-28+. The maximum atomic E-state index is 13.6. The highest BCUT2D eigenvalue weighted by Crippen LogP contribution is 2.44. The van der Waals surface area contributed by atoms with Crippen molar-refractivity contribution in [2.45, 2.75) is 26.3 Å². The molecule has 192 valence electrons. The molecule has 5 rings (SSSR count). The maximum Gasteiger partial charge on any atom is 0.300 e. The van der Waals surface area contributed by atoms with Gasteiger partial charge in [-0.2, -0.15) is 0 Å². The van der Waals surface area contributed by atoms with Crippen molar-refractivity contribution in [1.82, 2.24) is 0 Å². The van der Waals surface area contributed by atoms with Gasteiger partial charge < -0.3 is 14.6 Å². The predicted molar refractivity (Wildman–Crippen MR) is 149 cm³/mol. The third kappa shape index (κ3) is 4.28. The number of carbonyl (C=O) groups excluding carboxylic acids is 2. The Morgan fingerprint density at radius 3 is 2.34 bits per heavy atom. The number of rotatable bonds is 7. The van der Waals surface area contributed by atoms with Crippen LogP contribution in [0.2, 0.25) is 0 Å². The van der Waals surface area contributed by atoms with E-state index in [-0.39, 0.29) is 11.3 Å². The summed E-state index contributed by atoms with van der Waals surface area (Å²) < 4.78 is 11.3. The van der Waals surface area contributed by atoms with E-state index in [1.54, 1.807) is 31.4 Å². The summed E-state index contributed by atoms with van der Waals surface area (Å²) in [5, 5.41) is 13.4. The molecule has 0 saturated carbocycles. The molecular formula is C32H29NO5. The number of Topliss-reactive ketones (excluding diaryl/α,β-unsaturated/α-hetero) is 1.